The summed E-state index contributed by atoms with van der Waals surface area (Å²) in [5, 5.41) is 3.77. The summed E-state index contributed by atoms with van der Waals surface area (Å²) < 4.78 is 5.97. The topological polar surface area (TPSA) is 97.3 Å². The van der Waals surface area contributed by atoms with Gasteiger partial charge in [0.1, 0.15) is 17.4 Å². The monoisotopic (exact) mass is 311 g/mol. The van der Waals surface area contributed by atoms with Gasteiger partial charge < -0.3 is 20.4 Å². The Kier molecular flexibility index (Phi) is 3.25. The molecule has 0 saturated carbocycles. The minimum Gasteiger partial charge on any atom is -0.450 e. The van der Waals surface area contributed by atoms with Gasteiger partial charge in [-0.2, -0.15) is 0 Å². The number of aromatic nitrogens is 2. The highest BCUT2D eigenvalue weighted by molar-refractivity contribution is 6.05. The van der Waals surface area contributed by atoms with E-state index in [-0.39, 0.29) is 6.04 Å². The van der Waals surface area contributed by atoms with Crippen molar-refractivity contribution in [3.8, 4) is 0 Å². The van der Waals surface area contributed by atoms with Crippen molar-refractivity contribution in [2.45, 2.75) is 18.9 Å². The van der Waals surface area contributed by atoms with Gasteiger partial charge in [-0.25, -0.2) is 14.8 Å². The number of para-hydroxylation sites is 1. The van der Waals surface area contributed by atoms with Crippen molar-refractivity contribution < 1.29 is 9.21 Å². The molecule has 0 aliphatic carbocycles. The summed E-state index contributed by atoms with van der Waals surface area (Å²) in [4.78, 5) is 21.9. The van der Waals surface area contributed by atoms with E-state index < -0.39 is 6.03 Å². The van der Waals surface area contributed by atoms with Crippen molar-refractivity contribution in [1.82, 2.24) is 15.3 Å². The molecule has 2 aromatic heterocycles. The number of nitrogens with two attached hydrogens (primary N) is 1. The first-order valence-electron chi connectivity index (χ1n) is 7.65. The molecule has 1 saturated heterocycles. The van der Waals surface area contributed by atoms with Crippen molar-refractivity contribution in [1.29, 1.82) is 0 Å². The number of anilines is 1. The molecule has 0 unspecified atom stereocenters. The zero-order chi connectivity index (χ0) is 15.8. The normalized spacial score (nSPS) is 16.1. The average molecular weight is 311 g/mol. The van der Waals surface area contributed by atoms with Crippen LogP contribution in [0.25, 0.3) is 22.1 Å². The first kappa shape index (κ1) is 13.8. The zero-order valence-electron chi connectivity index (χ0n) is 12.5. The third-order valence-electron chi connectivity index (χ3n) is 4.28. The molecule has 0 spiro atoms. The van der Waals surface area contributed by atoms with E-state index in [1.165, 1.54) is 0 Å². The molecular weight excluding hydrogens is 294 g/mol. The highest BCUT2D eigenvalue weighted by atomic mass is 16.3. The summed E-state index contributed by atoms with van der Waals surface area (Å²) in [6, 6.07) is 7.51. The fourth-order valence-corrected chi connectivity index (χ4v) is 3.17. The lowest BCUT2D eigenvalue weighted by Gasteiger charge is -2.32. The number of rotatable bonds is 2. The van der Waals surface area contributed by atoms with Gasteiger partial charge in [-0.3, -0.25) is 0 Å². The first-order valence-corrected chi connectivity index (χ1v) is 7.65. The van der Waals surface area contributed by atoms with Crippen molar-refractivity contribution in [3.63, 3.8) is 0 Å². The molecule has 118 valence electrons. The van der Waals surface area contributed by atoms with E-state index in [9.17, 15) is 4.79 Å². The van der Waals surface area contributed by atoms with Crippen LogP contribution >= 0.6 is 0 Å². The van der Waals surface area contributed by atoms with Crippen molar-refractivity contribution in [2.75, 3.05) is 18.0 Å². The largest absolute Gasteiger partial charge is 0.450 e. The molecule has 1 aromatic carbocycles. The summed E-state index contributed by atoms with van der Waals surface area (Å²) in [5.41, 5.74) is 7.56. The number of fused-ring (bicyclic) bond motifs is 3. The molecule has 1 aliphatic rings. The van der Waals surface area contributed by atoms with Crippen LogP contribution in [-0.2, 0) is 0 Å². The van der Waals surface area contributed by atoms with Gasteiger partial charge in [0, 0.05) is 24.5 Å². The predicted octanol–water partition coefficient (Wildman–Crippen LogP) is 2.01. The number of nitrogens with one attached hydrogen (secondary N) is 1. The van der Waals surface area contributed by atoms with Crippen molar-refractivity contribution in [3.05, 3.63) is 30.6 Å². The Morgan fingerprint density at radius 3 is 2.83 bits per heavy atom. The molecule has 1 aliphatic heterocycles. The van der Waals surface area contributed by atoms with E-state index in [1.807, 2.05) is 24.3 Å². The summed E-state index contributed by atoms with van der Waals surface area (Å²) in [7, 11) is 0. The maximum Gasteiger partial charge on any atom is 0.312 e. The maximum atomic E-state index is 11.0. The number of nitrogens with zero attached hydrogens (tertiary/aromatic N) is 3. The van der Waals surface area contributed by atoms with Crippen molar-refractivity contribution >= 4 is 33.9 Å². The number of hydrogen-bond acceptors (Lipinski definition) is 5. The Labute approximate surface area is 132 Å². The quantitative estimate of drug-likeness (QED) is 0.754. The second-order valence-corrected chi connectivity index (χ2v) is 5.74. The number of carbonyl (C=O) groups excluding carboxylic acids is 1. The SMILES string of the molecule is NC(=O)NC1CCN(c2ncnc3c2oc2ccccc23)CC1. The Morgan fingerprint density at radius 2 is 2.04 bits per heavy atom. The molecule has 0 bridgehead atoms. The Balaban J connectivity index is 1.66. The minimum atomic E-state index is -0.467. The highest BCUT2D eigenvalue weighted by Crippen LogP contribution is 2.32. The van der Waals surface area contributed by atoms with Gasteiger partial charge >= 0.3 is 6.03 Å². The number of piperidine rings is 1. The van der Waals surface area contributed by atoms with Crippen LogP contribution in [0.3, 0.4) is 0 Å². The summed E-state index contributed by atoms with van der Waals surface area (Å²) in [6.45, 7) is 1.57. The number of furan rings is 1. The van der Waals surface area contributed by atoms with Crippen LogP contribution in [0.15, 0.2) is 35.0 Å². The molecular formula is C16H17N5O2. The number of carbonyl (C=O) groups is 1. The van der Waals surface area contributed by atoms with E-state index in [0.717, 1.165) is 53.8 Å². The van der Waals surface area contributed by atoms with Gasteiger partial charge in [0.05, 0.1) is 0 Å². The second-order valence-electron chi connectivity index (χ2n) is 5.74. The van der Waals surface area contributed by atoms with Gasteiger partial charge in [-0.15, -0.1) is 0 Å². The Morgan fingerprint density at radius 1 is 1.26 bits per heavy atom. The molecule has 0 atom stereocenters. The van der Waals surface area contributed by atoms with Gasteiger partial charge in [-0.05, 0) is 25.0 Å². The summed E-state index contributed by atoms with van der Waals surface area (Å²) >= 11 is 0. The Hall–Kier alpha value is -2.83. The average Bonchev–Trinajstić information content (AvgIpc) is 2.94. The summed E-state index contributed by atoms with van der Waals surface area (Å²) in [5.74, 6) is 0.809. The van der Waals surface area contributed by atoms with Crippen LogP contribution in [-0.4, -0.2) is 35.1 Å². The van der Waals surface area contributed by atoms with E-state index >= 15 is 0 Å². The maximum absolute atomic E-state index is 11.0. The smallest absolute Gasteiger partial charge is 0.312 e. The van der Waals surface area contributed by atoms with Crippen LogP contribution < -0.4 is 16.0 Å². The fourth-order valence-electron chi connectivity index (χ4n) is 3.17. The fraction of sp³-hybridized carbons (Fsp3) is 0.312. The van der Waals surface area contributed by atoms with Crippen LogP contribution in [0.4, 0.5) is 10.6 Å². The lowest BCUT2D eigenvalue weighted by Crippen LogP contribution is -2.46. The molecule has 2 amide bonds. The summed E-state index contributed by atoms with van der Waals surface area (Å²) in [6.07, 6.45) is 3.23. The molecule has 1 fully saturated rings. The van der Waals surface area contributed by atoms with Gasteiger partial charge in [-0.1, -0.05) is 12.1 Å². The van der Waals surface area contributed by atoms with Gasteiger partial charge in [0.25, 0.3) is 0 Å². The van der Waals surface area contributed by atoms with E-state index in [2.05, 4.69) is 20.2 Å². The molecule has 3 aromatic rings. The molecule has 3 heterocycles. The predicted molar refractivity (Wildman–Crippen MR) is 87.3 cm³/mol. The molecule has 0 radical (unpaired) electrons. The number of primary amides is 1. The molecule has 7 heteroatoms. The van der Waals surface area contributed by atoms with Crippen LogP contribution in [0.1, 0.15) is 12.8 Å². The van der Waals surface area contributed by atoms with Gasteiger partial charge in [0.2, 0.25) is 0 Å². The molecule has 23 heavy (non-hydrogen) atoms. The lowest BCUT2D eigenvalue weighted by molar-refractivity contribution is 0.242. The minimum absolute atomic E-state index is 0.122. The van der Waals surface area contributed by atoms with Gasteiger partial charge in [0.15, 0.2) is 11.4 Å². The standard InChI is InChI=1S/C16H17N5O2/c17-16(22)20-10-5-7-21(8-6-10)15-14-13(18-9-19-15)11-3-1-2-4-12(11)23-14/h1-4,9-10H,5-8H2,(H3,17,20,22). The Bertz CT molecular complexity index is 867. The van der Waals surface area contributed by atoms with E-state index in [4.69, 9.17) is 10.2 Å². The number of amides is 2. The van der Waals surface area contributed by atoms with E-state index in [1.54, 1.807) is 6.33 Å². The molecule has 4 rings (SSSR count). The second kappa shape index (κ2) is 5.42. The van der Waals surface area contributed by atoms with Crippen LogP contribution in [0.2, 0.25) is 0 Å². The number of hydrogen-bond donors (Lipinski definition) is 2. The van der Waals surface area contributed by atoms with E-state index in [0.29, 0.717) is 0 Å². The van der Waals surface area contributed by atoms with Crippen LogP contribution in [0.5, 0.6) is 0 Å². The third-order valence-corrected chi connectivity index (χ3v) is 4.28. The molecule has 3 N–H and O–H groups in total. The third kappa shape index (κ3) is 2.44. The first-order chi connectivity index (χ1) is 11.2. The lowest BCUT2D eigenvalue weighted by atomic mass is 10.1. The number of benzene rings is 1. The van der Waals surface area contributed by atoms with Crippen molar-refractivity contribution in [2.24, 2.45) is 5.73 Å². The zero-order valence-corrected chi connectivity index (χ0v) is 12.5. The molecule has 7 nitrogen and oxygen atoms in total. The highest BCUT2D eigenvalue weighted by Gasteiger charge is 2.24. The van der Waals surface area contributed by atoms with Crippen LogP contribution in [0, 0.1) is 0 Å². The number of urea groups is 1.